The van der Waals surface area contributed by atoms with Crippen molar-refractivity contribution in [2.75, 3.05) is 23.7 Å². The van der Waals surface area contributed by atoms with Gasteiger partial charge in [0.15, 0.2) is 0 Å². The third-order valence-corrected chi connectivity index (χ3v) is 7.11. The van der Waals surface area contributed by atoms with Gasteiger partial charge in [-0.3, -0.25) is 13.9 Å². The van der Waals surface area contributed by atoms with Gasteiger partial charge in [0.2, 0.25) is 21.8 Å². The number of rotatable bonds is 13. The van der Waals surface area contributed by atoms with E-state index in [1.807, 2.05) is 56.3 Å². The van der Waals surface area contributed by atoms with E-state index in [0.717, 1.165) is 29.5 Å². The minimum absolute atomic E-state index is 0.135. The van der Waals surface area contributed by atoms with Crippen molar-refractivity contribution in [1.82, 2.24) is 10.2 Å². The largest absolute Gasteiger partial charge is 0.354 e. The molecule has 1 atom stereocenters. The first-order valence-electron chi connectivity index (χ1n) is 12.2. The van der Waals surface area contributed by atoms with Crippen molar-refractivity contribution >= 4 is 27.5 Å². The summed E-state index contributed by atoms with van der Waals surface area (Å²) >= 11 is 0. The lowest BCUT2D eigenvalue weighted by Crippen LogP contribution is -2.48. The van der Waals surface area contributed by atoms with Gasteiger partial charge in [-0.05, 0) is 56.9 Å². The first kappa shape index (κ1) is 28.4. The molecule has 7 nitrogen and oxygen atoms in total. The van der Waals surface area contributed by atoms with Crippen LogP contribution in [0.25, 0.3) is 0 Å². The molecule has 0 aliphatic heterocycles. The van der Waals surface area contributed by atoms with E-state index in [1.165, 1.54) is 10.6 Å². The maximum Gasteiger partial charge on any atom is 0.242 e. The second-order valence-corrected chi connectivity index (χ2v) is 11.0. The average molecular weight is 502 g/mol. The number of carbonyl (C=O) groups excluding carboxylic acids is 2. The second-order valence-electron chi connectivity index (χ2n) is 9.11. The van der Waals surface area contributed by atoms with Gasteiger partial charge in [-0.2, -0.15) is 0 Å². The van der Waals surface area contributed by atoms with Crippen LogP contribution in [-0.4, -0.2) is 50.5 Å². The average Bonchev–Trinajstić information content (AvgIpc) is 2.80. The Morgan fingerprint density at radius 1 is 1.00 bits per heavy atom. The van der Waals surface area contributed by atoms with E-state index < -0.39 is 16.1 Å². The lowest BCUT2D eigenvalue weighted by atomic mass is 10.1. The normalized spacial score (nSPS) is 12.1. The van der Waals surface area contributed by atoms with Crippen molar-refractivity contribution in [2.45, 2.75) is 66.0 Å². The van der Waals surface area contributed by atoms with E-state index in [1.54, 1.807) is 17.9 Å². The summed E-state index contributed by atoms with van der Waals surface area (Å²) in [4.78, 5) is 27.6. The monoisotopic (exact) mass is 501 g/mol. The fourth-order valence-corrected chi connectivity index (χ4v) is 4.75. The number of sulfonamides is 1. The van der Waals surface area contributed by atoms with Crippen molar-refractivity contribution < 1.29 is 18.0 Å². The van der Waals surface area contributed by atoms with Crippen LogP contribution in [0.4, 0.5) is 5.69 Å². The van der Waals surface area contributed by atoms with Crippen LogP contribution in [0.2, 0.25) is 0 Å². The fraction of sp³-hybridized carbons (Fsp3) is 0.481. The van der Waals surface area contributed by atoms with E-state index in [-0.39, 0.29) is 24.8 Å². The van der Waals surface area contributed by atoms with Crippen molar-refractivity contribution in [3.05, 3.63) is 65.2 Å². The predicted molar refractivity (Wildman–Crippen MR) is 142 cm³/mol. The molecule has 0 spiro atoms. The number of nitrogens with one attached hydrogen (secondary N) is 1. The Bertz CT molecular complexity index is 1080. The fourth-order valence-electron chi connectivity index (χ4n) is 3.80. The molecule has 1 N–H and O–H groups in total. The Balaban J connectivity index is 2.13. The number of amides is 2. The summed E-state index contributed by atoms with van der Waals surface area (Å²) < 4.78 is 26.2. The van der Waals surface area contributed by atoms with Crippen LogP contribution in [0.5, 0.6) is 0 Å². The van der Waals surface area contributed by atoms with Crippen LogP contribution in [0.15, 0.2) is 48.5 Å². The lowest BCUT2D eigenvalue weighted by Gasteiger charge is -2.29. The summed E-state index contributed by atoms with van der Waals surface area (Å²) in [6.45, 7) is 8.77. The van der Waals surface area contributed by atoms with E-state index in [0.29, 0.717) is 25.2 Å². The summed E-state index contributed by atoms with van der Waals surface area (Å²) in [6, 6.07) is 14.5. The van der Waals surface area contributed by atoms with Gasteiger partial charge in [-0.1, -0.05) is 55.3 Å². The Morgan fingerprint density at radius 2 is 1.69 bits per heavy atom. The Labute approximate surface area is 210 Å². The molecule has 0 aromatic heterocycles. The van der Waals surface area contributed by atoms with Gasteiger partial charge in [0.25, 0.3) is 0 Å². The molecule has 2 aromatic rings. The molecular formula is C27H39N3O4S. The van der Waals surface area contributed by atoms with Crippen molar-refractivity contribution in [3.8, 4) is 0 Å². The van der Waals surface area contributed by atoms with E-state index >= 15 is 0 Å². The van der Waals surface area contributed by atoms with Gasteiger partial charge in [-0.25, -0.2) is 8.42 Å². The van der Waals surface area contributed by atoms with Gasteiger partial charge in [-0.15, -0.1) is 0 Å². The van der Waals surface area contributed by atoms with Crippen LogP contribution < -0.4 is 9.62 Å². The third-order valence-electron chi connectivity index (χ3n) is 5.91. The molecule has 2 amide bonds. The molecular weight excluding hydrogens is 462 g/mol. The summed E-state index contributed by atoms with van der Waals surface area (Å²) in [5, 5.41) is 2.91. The van der Waals surface area contributed by atoms with E-state index in [2.05, 4.69) is 12.2 Å². The zero-order valence-corrected chi connectivity index (χ0v) is 22.4. The number of carbonyl (C=O) groups is 2. The highest BCUT2D eigenvalue weighted by atomic mass is 32.2. The van der Waals surface area contributed by atoms with E-state index in [4.69, 9.17) is 0 Å². The Morgan fingerprint density at radius 3 is 2.29 bits per heavy atom. The predicted octanol–water partition coefficient (Wildman–Crippen LogP) is 4.18. The van der Waals surface area contributed by atoms with Gasteiger partial charge >= 0.3 is 0 Å². The topological polar surface area (TPSA) is 86.8 Å². The smallest absolute Gasteiger partial charge is 0.242 e. The molecule has 0 saturated carbocycles. The molecule has 2 aromatic carbocycles. The third kappa shape index (κ3) is 9.02. The lowest BCUT2D eigenvalue weighted by molar-refractivity contribution is -0.140. The highest BCUT2D eigenvalue weighted by Gasteiger charge is 2.26. The zero-order valence-electron chi connectivity index (χ0n) is 21.6. The molecule has 2 rings (SSSR count). The number of benzene rings is 2. The minimum atomic E-state index is -3.50. The number of aryl methyl sites for hydroxylation is 2. The number of unbranched alkanes of at least 4 members (excludes halogenated alkanes) is 1. The summed E-state index contributed by atoms with van der Waals surface area (Å²) in [5.41, 5.74) is 3.60. The summed E-state index contributed by atoms with van der Waals surface area (Å²) in [7, 11) is -3.50. The van der Waals surface area contributed by atoms with Crippen LogP contribution in [0, 0.1) is 13.8 Å². The molecule has 8 heteroatoms. The first-order chi connectivity index (χ1) is 16.5. The van der Waals surface area contributed by atoms with Crippen molar-refractivity contribution in [3.63, 3.8) is 0 Å². The van der Waals surface area contributed by atoms with Gasteiger partial charge in [0.1, 0.15) is 6.04 Å². The summed E-state index contributed by atoms with van der Waals surface area (Å²) in [5.74, 6) is -0.363. The molecule has 192 valence electrons. The molecule has 0 aliphatic carbocycles. The van der Waals surface area contributed by atoms with Gasteiger partial charge < -0.3 is 10.2 Å². The van der Waals surface area contributed by atoms with Crippen LogP contribution in [-0.2, 0) is 26.2 Å². The molecule has 0 radical (unpaired) electrons. The Kier molecular flexibility index (Phi) is 10.8. The number of anilines is 1. The Hall–Kier alpha value is -2.87. The second kappa shape index (κ2) is 13.3. The summed E-state index contributed by atoms with van der Waals surface area (Å²) in [6.07, 6.45) is 3.50. The quantitative estimate of drug-likeness (QED) is 0.417. The van der Waals surface area contributed by atoms with Crippen molar-refractivity contribution in [2.24, 2.45) is 0 Å². The zero-order chi connectivity index (χ0) is 26.0. The minimum Gasteiger partial charge on any atom is -0.354 e. The number of nitrogens with zero attached hydrogens (tertiary/aromatic N) is 2. The first-order valence-corrected chi connectivity index (χ1v) is 14.0. The molecule has 35 heavy (non-hydrogen) atoms. The van der Waals surface area contributed by atoms with Crippen LogP contribution in [0.3, 0.4) is 0 Å². The van der Waals surface area contributed by atoms with Crippen LogP contribution in [0.1, 0.15) is 56.2 Å². The number of hydrogen-bond acceptors (Lipinski definition) is 4. The molecule has 0 fully saturated rings. The SMILES string of the molecule is CCCCNC(=O)[C@@H](C)N(Cc1ccc(C)cc1)C(=O)CCCN(c1cccc(C)c1)S(C)(=O)=O. The van der Waals surface area contributed by atoms with Crippen molar-refractivity contribution in [1.29, 1.82) is 0 Å². The van der Waals surface area contributed by atoms with Crippen LogP contribution >= 0.6 is 0 Å². The molecule has 0 heterocycles. The van der Waals surface area contributed by atoms with E-state index in [9.17, 15) is 18.0 Å². The number of hydrogen-bond donors (Lipinski definition) is 1. The standard InChI is InChI=1S/C27H39N3O4S/c1-6-7-17-28-27(32)23(4)29(20-24-15-13-21(2)14-16-24)26(31)12-9-18-30(35(5,33)34)25-11-8-10-22(3)19-25/h8,10-11,13-16,19,23H,6-7,9,12,17-18,20H2,1-5H3,(H,28,32)/t23-/m1/s1. The molecule has 0 bridgehead atoms. The maximum absolute atomic E-state index is 13.3. The maximum atomic E-state index is 13.3. The van der Waals surface area contributed by atoms with Gasteiger partial charge in [0.05, 0.1) is 11.9 Å². The van der Waals surface area contributed by atoms with Gasteiger partial charge in [0, 0.05) is 26.1 Å². The highest BCUT2D eigenvalue weighted by molar-refractivity contribution is 7.92. The molecule has 0 saturated heterocycles. The molecule has 0 aliphatic rings. The molecule has 0 unspecified atom stereocenters. The highest BCUT2D eigenvalue weighted by Crippen LogP contribution is 2.20.